The third-order valence-corrected chi connectivity index (χ3v) is 5.15. The summed E-state index contributed by atoms with van der Waals surface area (Å²) in [4.78, 5) is 42.2. The van der Waals surface area contributed by atoms with Gasteiger partial charge < -0.3 is 5.32 Å². The third kappa shape index (κ3) is 4.39. The molecule has 6 heteroatoms. The fourth-order valence-electron chi connectivity index (χ4n) is 3.43. The van der Waals surface area contributed by atoms with Crippen LogP contribution >= 0.6 is 0 Å². The molecular formula is C26H21N3O3. The van der Waals surface area contributed by atoms with E-state index in [2.05, 4.69) is 15.6 Å². The maximum Gasteiger partial charge on any atom is 0.326 e. The number of Topliss-reactive ketones (excluding diaryl/α,β-unsaturated/α-hetero) is 1. The molecule has 3 amide bonds. The number of benzene rings is 3. The van der Waals surface area contributed by atoms with E-state index in [9.17, 15) is 14.4 Å². The fraction of sp³-hybridized carbons (Fsp3) is 0.0769. The lowest BCUT2D eigenvalue weighted by Gasteiger charge is -2.12. The van der Waals surface area contributed by atoms with Crippen molar-refractivity contribution in [1.82, 2.24) is 10.3 Å². The molecule has 158 valence electrons. The van der Waals surface area contributed by atoms with Crippen LogP contribution < -0.4 is 10.6 Å². The Labute approximate surface area is 185 Å². The van der Waals surface area contributed by atoms with Crippen molar-refractivity contribution in [3.63, 3.8) is 0 Å². The minimum absolute atomic E-state index is 0.123. The zero-order valence-electron chi connectivity index (χ0n) is 17.7. The number of para-hydroxylation sites is 1. The highest BCUT2D eigenvalue weighted by molar-refractivity contribution is 6.15. The second-order valence-corrected chi connectivity index (χ2v) is 7.43. The van der Waals surface area contributed by atoms with Crippen LogP contribution in [0.25, 0.3) is 22.2 Å². The van der Waals surface area contributed by atoms with Gasteiger partial charge >= 0.3 is 6.03 Å². The van der Waals surface area contributed by atoms with Gasteiger partial charge in [0.1, 0.15) is 0 Å². The first-order valence-electron chi connectivity index (χ1n) is 10.1. The number of nitrogens with zero attached hydrogens (tertiary/aromatic N) is 1. The molecule has 0 fully saturated rings. The first kappa shape index (κ1) is 20.9. The molecule has 0 aliphatic heterocycles. The number of carbonyl (C=O) groups is 3. The van der Waals surface area contributed by atoms with Gasteiger partial charge in [-0.05, 0) is 49.7 Å². The summed E-state index contributed by atoms with van der Waals surface area (Å²) in [5, 5.41) is 5.58. The second kappa shape index (κ2) is 8.81. The standard InChI is InChI=1S/C26H21N3O3/c1-16-8-6-7-11-22(16)28-26(32)29-25(31)21-15-24(18-9-4-3-5-10-18)27-23-13-12-19(17(2)30)14-20(21)23/h3-15H,1-2H3,(H2,28,29,31,32). The summed E-state index contributed by atoms with van der Waals surface area (Å²) < 4.78 is 0. The van der Waals surface area contributed by atoms with Gasteiger partial charge in [-0.2, -0.15) is 0 Å². The average molecular weight is 423 g/mol. The first-order valence-corrected chi connectivity index (χ1v) is 10.1. The minimum Gasteiger partial charge on any atom is -0.307 e. The topological polar surface area (TPSA) is 88.2 Å². The molecule has 0 bridgehead atoms. The molecule has 0 aliphatic carbocycles. The number of pyridine rings is 1. The molecule has 0 aliphatic rings. The molecule has 1 heterocycles. The van der Waals surface area contributed by atoms with E-state index in [0.717, 1.165) is 11.1 Å². The van der Waals surface area contributed by atoms with Gasteiger partial charge in [-0.25, -0.2) is 9.78 Å². The maximum absolute atomic E-state index is 13.1. The van der Waals surface area contributed by atoms with E-state index in [-0.39, 0.29) is 11.3 Å². The van der Waals surface area contributed by atoms with Gasteiger partial charge in [-0.1, -0.05) is 48.5 Å². The van der Waals surface area contributed by atoms with Crippen molar-refractivity contribution in [2.24, 2.45) is 0 Å². The number of nitrogens with one attached hydrogen (secondary N) is 2. The van der Waals surface area contributed by atoms with Gasteiger partial charge in [0, 0.05) is 22.2 Å². The number of hydrogen-bond acceptors (Lipinski definition) is 4. The molecule has 6 nitrogen and oxygen atoms in total. The van der Waals surface area contributed by atoms with Crippen molar-refractivity contribution in [3.8, 4) is 11.3 Å². The number of hydrogen-bond donors (Lipinski definition) is 2. The van der Waals surface area contributed by atoms with Gasteiger partial charge in [0.05, 0.1) is 16.8 Å². The predicted molar refractivity (Wildman–Crippen MR) is 125 cm³/mol. The molecule has 0 spiro atoms. The monoisotopic (exact) mass is 423 g/mol. The van der Waals surface area contributed by atoms with Crippen LogP contribution in [-0.2, 0) is 0 Å². The molecule has 4 aromatic rings. The van der Waals surface area contributed by atoms with E-state index >= 15 is 0 Å². The lowest BCUT2D eigenvalue weighted by Crippen LogP contribution is -2.34. The van der Waals surface area contributed by atoms with Crippen LogP contribution in [0.2, 0.25) is 0 Å². The summed E-state index contributed by atoms with van der Waals surface area (Å²) in [6.45, 7) is 3.32. The Kier molecular flexibility index (Phi) is 5.77. The summed E-state index contributed by atoms with van der Waals surface area (Å²) >= 11 is 0. The number of anilines is 1. The largest absolute Gasteiger partial charge is 0.326 e. The Morgan fingerprint density at radius 3 is 2.28 bits per heavy atom. The average Bonchev–Trinajstić information content (AvgIpc) is 2.80. The number of amides is 3. The van der Waals surface area contributed by atoms with Crippen LogP contribution in [0.1, 0.15) is 33.2 Å². The number of aryl methyl sites for hydroxylation is 1. The molecule has 0 atom stereocenters. The second-order valence-electron chi connectivity index (χ2n) is 7.43. The Morgan fingerprint density at radius 2 is 1.56 bits per heavy atom. The van der Waals surface area contributed by atoms with E-state index in [4.69, 9.17) is 0 Å². The molecule has 1 aromatic heterocycles. The van der Waals surface area contributed by atoms with Gasteiger partial charge in [0.15, 0.2) is 5.78 Å². The van der Waals surface area contributed by atoms with Gasteiger partial charge in [-0.3, -0.25) is 14.9 Å². The summed E-state index contributed by atoms with van der Waals surface area (Å²) in [5.74, 6) is -0.705. The fourth-order valence-corrected chi connectivity index (χ4v) is 3.43. The summed E-state index contributed by atoms with van der Waals surface area (Å²) in [7, 11) is 0. The smallest absolute Gasteiger partial charge is 0.307 e. The van der Waals surface area contributed by atoms with Crippen LogP contribution in [0, 0.1) is 6.92 Å². The van der Waals surface area contributed by atoms with Crippen molar-refractivity contribution in [3.05, 3.63) is 95.6 Å². The number of ketones is 1. The van der Waals surface area contributed by atoms with Gasteiger partial charge in [0.25, 0.3) is 5.91 Å². The van der Waals surface area contributed by atoms with Crippen molar-refractivity contribution in [2.45, 2.75) is 13.8 Å². The normalized spacial score (nSPS) is 10.6. The van der Waals surface area contributed by atoms with Gasteiger partial charge in [0.2, 0.25) is 0 Å². The molecule has 32 heavy (non-hydrogen) atoms. The highest BCUT2D eigenvalue weighted by Gasteiger charge is 2.18. The minimum atomic E-state index is -0.641. The van der Waals surface area contributed by atoms with E-state index < -0.39 is 11.9 Å². The molecule has 3 aromatic carbocycles. The molecule has 4 rings (SSSR count). The molecule has 2 N–H and O–H groups in total. The lowest BCUT2D eigenvalue weighted by molar-refractivity contribution is 0.0966. The highest BCUT2D eigenvalue weighted by Crippen LogP contribution is 2.26. The molecule has 0 radical (unpaired) electrons. The Hall–Kier alpha value is -4.32. The number of aromatic nitrogens is 1. The number of rotatable bonds is 4. The van der Waals surface area contributed by atoms with E-state index in [1.807, 2.05) is 49.4 Å². The van der Waals surface area contributed by atoms with E-state index in [1.54, 1.807) is 36.4 Å². The maximum atomic E-state index is 13.1. The van der Waals surface area contributed by atoms with Crippen LogP contribution in [0.4, 0.5) is 10.5 Å². The Morgan fingerprint density at radius 1 is 0.844 bits per heavy atom. The Balaban J connectivity index is 1.73. The van der Waals surface area contributed by atoms with Gasteiger partial charge in [-0.15, -0.1) is 0 Å². The number of imide groups is 1. The molecule has 0 saturated heterocycles. The summed E-state index contributed by atoms with van der Waals surface area (Å²) in [6.07, 6.45) is 0. The molecule has 0 unspecified atom stereocenters. The van der Waals surface area contributed by atoms with Crippen molar-refractivity contribution in [1.29, 1.82) is 0 Å². The van der Waals surface area contributed by atoms with E-state index in [0.29, 0.717) is 27.8 Å². The summed E-state index contributed by atoms with van der Waals surface area (Å²) in [6, 6.07) is 22.8. The van der Waals surface area contributed by atoms with Crippen LogP contribution in [0.5, 0.6) is 0 Å². The number of fused-ring (bicyclic) bond motifs is 1. The van der Waals surface area contributed by atoms with Crippen molar-refractivity contribution in [2.75, 3.05) is 5.32 Å². The lowest BCUT2D eigenvalue weighted by atomic mass is 10.0. The van der Waals surface area contributed by atoms with Crippen LogP contribution in [-0.4, -0.2) is 22.7 Å². The predicted octanol–water partition coefficient (Wildman–Crippen LogP) is 5.37. The Bertz CT molecular complexity index is 1350. The van der Waals surface area contributed by atoms with Crippen molar-refractivity contribution < 1.29 is 14.4 Å². The third-order valence-electron chi connectivity index (χ3n) is 5.15. The van der Waals surface area contributed by atoms with Crippen molar-refractivity contribution >= 4 is 34.3 Å². The molecule has 0 saturated carbocycles. The quantitative estimate of drug-likeness (QED) is 0.432. The molecular weight excluding hydrogens is 402 g/mol. The first-order chi connectivity index (χ1) is 15.4. The highest BCUT2D eigenvalue weighted by atomic mass is 16.2. The number of urea groups is 1. The van der Waals surface area contributed by atoms with E-state index in [1.165, 1.54) is 6.92 Å². The number of carbonyl (C=O) groups excluding carboxylic acids is 3. The SMILES string of the molecule is CC(=O)c1ccc2nc(-c3ccccc3)cc(C(=O)NC(=O)Nc3ccccc3C)c2c1. The zero-order valence-corrected chi connectivity index (χ0v) is 17.7. The summed E-state index contributed by atoms with van der Waals surface area (Å²) in [5.41, 5.74) is 4.20. The zero-order chi connectivity index (χ0) is 22.7. The van der Waals surface area contributed by atoms with Crippen LogP contribution in [0.3, 0.4) is 0 Å². The van der Waals surface area contributed by atoms with Crippen LogP contribution in [0.15, 0.2) is 78.9 Å².